The molecule has 6 nitrogen and oxygen atoms in total. The molecule has 0 aliphatic carbocycles. The Morgan fingerprint density at radius 3 is 2.19 bits per heavy atom. The number of rotatable bonds is 7. The first-order valence-electron chi connectivity index (χ1n) is 8.46. The van der Waals surface area contributed by atoms with Gasteiger partial charge >= 0.3 is 0 Å². The summed E-state index contributed by atoms with van der Waals surface area (Å²) in [5.74, 6) is 0.753. The molecule has 2 N–H and O–H groups in total. The molecule has 1 aromatic carbocycles. The van der Waals surface area contributed by atoms with E-state index in [4.69, 9.17) is 0 Å². The summed E-state index contributed by atoms with van der Waals surface area (Å²) < 4.78 is 22.9. The number of nitrogens with one attached hydrogen (secondary N) is 2. The lowest BCUT2D eigenvalue weighted by molar-refractivity contribution is 0.602. The molecule has 2 aromatic rings. The molecule has 0 atom stereocenters. The van der Waals surface area contributed by atoms with Crippen molar-refractivity contribution >= 4 is 51.1 Å². The summed E-state index contributed by atoms with van der Waals surface area (Å²) in [4.78, 5) is 10.4. The third-order valence-electron chi connectivity index (χ3n) is 3.99. The van der Waals surface area contributed by atoms with Gasteiger partial charge in [0.15, 0.2) is 15.8 Å². The number of aryl methyl sites for hydroxylation is 2. The lowest BCUT2D eigenvalue weighted by atomic mass is 10.1. The number of aromatic nitrogens is 1. The average Bonchev–Trinajstić information content (AvgIpc) is 2.91. The van der Waals surface area contributed by atoms with E-state index < -0.39 is 9.84 Å². The second-order valence-electron chi connectivity index (χ2n) is 6.09. The summed E-state index contributed by atoms with van der Waals surface area (Å²) in [6.07, 6.45) is 2.87. The van der Waals surface area contributed by atoms with Crippen LogP contribution in [0.4, 0.5) is 0 Å². The van der Waals surface area contributed by atoms with Gasteiger partial charge in [-0.05, 0) is 38.0 Å². The molecule has 0 radical (unpaired) electrons. The highest BCUT2D eigenvalue weighted by molar-refractivity contribution is 14.0. The predicted octanol–water partition coefficient (Wildman–Crippen LogP) is 2.73. The first kappa shape index (κ1) is 23.8. The van der Waals surface area contributed by atoms with Gasteiger partial charge in [-0.3, -0.25) is 4.99 Å². The fourth-order valence-electron chi connectivity index (χ4n) is 2.38. The Kier molecular flexibility index (Phi) is 9.68. The molecule has 0 fully saturated rings. The highest BCUT2D eigenvalue weighted by Gasteiger charge is 2.06. The van der Waals surface area contributed by atoms with Crippen LogP contribution >= 0.6 is 35.3 Å². The molecule has 0 aliphatic heterocycles. The summed E-state index contributed by atoms with van der Waals surface area (Å²) in [5.41, 5.74) is 2.18. The van der Waals surface area contributed by atoms with E-state index in [1.165, 1.54) is 11.1 Å². The minimum Gasteiger partial charge on any atom is -0.356 e. The Morgan fingerprint density at radius 2 is 1.70 bits per heavy atom. The Morgan fingerprint density at radius 1 is 1.11 bits per heavy atom. The molecule has 0 spiro atoms. The van der Waals surface area contributed by atoms with Gasteiger partial charge in [0.05, 0.1) is 15.6 Å². The smallest absolute Gasteiger partial charge is 0.191 e. The Labute approximate surface area is 182 Å². The van der Waals surface area contributed by atoms with Crippen LogP contribution in [-0.4, -0.2) is 45.8 Å². The number of thiazole rings is 1. The minimum atomic E-state index is -3.14. The van der Waals surface area contributed by atoms with Gasteiger partial charge in [-0.2, -0.15) is 0 Å². The SMILES string of the molecule is CN=C(NCCc1ccc(S(C)(=O)=O)cc1)NCCc1nc(C)c(C)s1.I. The van der Waals surface area contributed by atoms with E-state index in [1.807, 2.05) is 19.1 Å². The topological polar surface area (TPSA) is 83.5 Å². The molecule has 0 saturated heterocycles. The van der Waals surface area contributed by atoms with Crippen molar-refractivity contribution in [3.05, 3.63) is 45.4 Å². The lowest BCUT2D eigenvalue weighted by Crippen LogP contribution is -2.39. The molecule has 0 unspecified atom stereocenters. The molecule has 2 rings (SSSR count). The Hall–Kier alpha value is -1.20. The summed E-state index contributed by atoms with van der Waals surface area (Å²) in [5, 5.41) is 7.69. The molecular weight excluding hydrogens is 495 g/mol. The molecule has 1 aromatic heterocycles. The number of hydrogen-bond donors (Lipinski definition) is 2. The quantitative estimate of drug-likeness (QED) is 0.332. The zero-order chi connectivity index (χ0) is 19.2. The van der Waals surface area contributed by atoms with Crippen molar-refractivity contribution < 1.29 is 8.42 Å². The fraction of sp³-hybridized carbons (Fsp3) is 0.444. The van der Waals surface area contributed by atoms with Gasteiger partial charge in [0.25, 0.3) is 0 Å². The number of guanidine groups is 1. The Bertz CT molecular complexity index is 842. The van der Waals surface area contributed by atoms with Crippen LogP contribution < -0.4 is 10.6 Å². The van der Waals surface area contributed by atoms with Gasteiger partial charge in [0.1, 0.15) is 0 Å². The van der Waals surface area contributed by atoms with Gasteiger partial charge in [-0.25, -0.2) is 13.4 Å². The first-order valence-corrected chi connectivity index (χ1v) is 11.2. The average molecular weight is 522 g/mol. The maximum absolute atomic E-state index is 11.5. The Balaban J connectivity index is 0.00000364. The lowest BCUT2D eigenvalue weighted by Gasteiger charge is -2.11. The van der Waals surface area contributed by atoms with Gasteiger partial charge in [0.2, 0.25) is 0 Å². The van der Waals surface area contributed by atoms with E-state index in [1.54, 1.807) is 30.5 Å². The van der Waals surface area contributed by atoms with E-state index >= 15 is 0 Å². The largest absolute Gasteiger partial charge is 0.356 e. The zero-order valence-electron chi connectivity index (χ0n) is 16.1. The van der Waals surface area contributed by atoms with E-state index in [0.717, 1.165) is 41.6 Å². The van der Waals surface area contributed by atoms with Crippen LogP contribution in [0.1, 0.15) is 21.1 Å². The monoisotopic (exact) mass is 522 g/mol. The normalized spacial score (nSPS) is 11.8. The second kappa shape index (κ2) is 11.0. The van der Waals surface area contributed by atoms with Crippen molar-refractivity contribution in [1.29, 1.82) is 0 Å². The van der Waals surface area contributed by atoms with Crippen molar-refractivity contribution in [2.75, 3.05) is 26.4 Å². The van der Waals surface area contributed by atoms with Gasteiger partial charge in [-0.15, -0.1) is 35.3 Å². The van der Waals surface area contributed by atoms with Crippen molar-refractivity contribution in [3.8, 4) is 0 Å². The number of hydrogen-bond acceptors (Lipinski definition) is 5. The van der Waals surface area contributed by atoms with E-state index in [9.17, 15) is 8.42 Å². The minimum absolute atomic E-state index is 0. The number of sulfone groups is 1. The van der Waals surface area contributed by atoms with Crippen molar-refractivity contribution in [1.82, 2.24) is 15.6 Å². The number of aliphatic imine (C=N–C) groups is 1. The highest BCUT2D eigenvalue weighted by atomic mass is 127. The molecule has 150 valence electrons. The van der Waals surface area contributed by atoms with E-state index in [2.05, 4.69) is 27.5 Å². The third kappa shape index (κ3) is 7.74. The van der Waals surface area contributed by atoms with Crippen LogP contribution in [0.25, 0.3) is 0 Å². The summed E-state index contributed by atoms with van der Waals surface area (Å²) in [6.45, 7) is 5.61. The molecular formula is C18H27IN4O2S2. The van der Waals surface area contributed by atoms with Gasteiger partial charge < -0.3 is 10.6 Å². The summed E-state index contributed by atoms with van der Waals surface area (Å²) >= 11 is 1.74. The number of benzene rings is 1. The molecule has 0 amide bonds. The summed E-state index contributed by atoms with van der Waals surface area (Å²) in [7, 11) is -1.40. The fourth-order valence-corrected chi connectivity index (χ4v) is 3.95. The highest BCUT2D eigenvalue weighted by Crippen LogP contribution is 2.16. The van der Waals surface area contributed by atoms with Crippen LogP contribution in [0.15, 0.2) is 34.2 Å². The van der Waals surface area contributed by atoms with Crippen LogP contribution in [0.2, 0.25) is 0 Å². The van der Waals surface area contributed by atoms with Crippen molar-refractivity contribution in [3.63, 3.8) is 0 Å². The number of nitrogens with zero attached hydrogens (tertiary/aromatic N) is 2. The maximum atomic E-state index is 11.5. The maximum Gasteiger partial charge on any atom is 0.191 e. The van der Waals surface area contributed by atoms with Gasteiger partial charge in [-0.1, -0.05) is 12.1 Å². The first-order chi connectivity index (χ1) is 12.3. The van der Waals surface area contributed by atoms with E-state index in [-0.39, 0.29) is 24.0 Å². The molecule has 0 bridgehead atoms. The molecule has 27 heavy (non-hydrogen) atoms. The van der Waals surface area contributed by atoms with E-state index in [0.29, 0.717) is 11.4 Å². The zero-order valence-corrected chi connectivity index (χ0v) is 20.0. The number of halogens is 1. The van der Waals surface area contributed by atoms with Gasteiger partial charge in [0, 0.05) is 37.7 Å². The molecule has 0 aliphatic rings. The standard InChI is InChI=1S/C18H26N4O2S2.HI/c1-13-14(2)25-17(22-13)10-12-21-18(19-3)20-11-9-15-5-7-16(8-6-15)26(4,23)24;/h5-8H,9-12H2,1-4H3,(H2,19,20,21);1H. The molecule has 9 heteroatoms. The van der Waals surface area contributed by atoms with Crippen LogP contribution in [-0.2, 0) is 22.7 Å². The predicted molar refractivity (Wildman–Crippen MR) is 123 cm³/mol. The van der Waals surface area contributed by atoms with Crippen molar-refractivity contribution in [2.45, 2.75) is 31.6 Å². The van der Waals surface area contributed by atoms with Crippen LogP contribution in [0, 0.1) is 13.8 Å². The second-order valence-corrected chi connectivity index (χ2v) is 9.39. The van der Waals surface area contributed by atoms with Crippen LogP contribution in [0.3, 0.4) is 0 Å². The molecule has 1 heterocycles. The third-order valence-corrected chi connectivity index (χ3v) is 6.25. The van der Waals surface area contributed by atoms with Crippen LogP contribution in [0.5, 0.6) is 0 Å². The molecule has 0 saturated carbocycles. The summed E-state index contributed by atoms with van der Waals surface area (Å²) in [6, 6.07) is 6.99. The van der Waals surface area contributed by atoms with Crippen molar-refractivity contribution in [2.24, 2.45) is 4.99 Å².